The van der Waals surface area contributed by atoms with E-state index < -0.39 is 115 Å². The number of cyclic esters (lactones) is 1. The predicted molar refractivity (Wildman–Crippen MR) is 327 cm³/mol. The third-order valence-corrected chi connectivity index (χ3v) is 16.8. The van der Waals surface area contributed by atoms with Crippen LogP contribution < -0.4 is 10.6 Å². The number of fused-ring (bicyclic) bond motifs is 2. The predicted octanol–water partition coefficient (Wildman–Crippen LogP) is 7.54. The van der Waals surface area contributed by atoms with Gasteiger partial charge in [0.1, 0.15) is 18.3 Å². The summed E-state index contributed by atoms with van der Waals surface area (Å²) in [5, 5.41) is 119. The second-order valence-corrected chi connectivity index (χ2v) is 24.9. The van der Waals surface area contributed by atoms with Crippen LogP contribution in [0.4, 0.5) is 0 Å². The van der Waals surface area contributed by atoms with Gasteiger partial charge in [-0.05, 0) is 95.0 Å². The lowest BCUT2D eigenvalue weighted by Crippen LogP contribution is -2.60. The number of nitrogens with zero attached hydrogens (tertiary/aromatic N) is 1. The maximum absolute atomic E-state index is 13.7. The smallest absolute Gasteiger partial charge is 0.334 e. The minimum Gasteiger partial charge on any atom is -0.462 e. The molecule has 12 N–H and O–H groups in total. The van der Waals surface area contributed by atoms with E-state index in [-0.39, 0.29) is 69.6 Å². The second kappa shape index (κ2) is 40.8. The molecule has 0 amide bonds. The van der Waals surface area contributed by atoms with Gasteiger partial charge in [0.15, 0.2) is 11.7 Å². The fourth-order valence-corrected chi connectivity index (χ4v) is 10.9. The van der Waals surface area contributed by atoms with E-state index in [0.717, 1.165) is 76.7 Å². The number of aliphatic imine (C=N–C) groups is 1. The van der Waals surface area contributed by atoms with Crippen LogP contribution in [0, 0.1) is 35.5 Å². The van der Waals surface area contributed by atoms with E-state index in [4.69, 9.17) is 14.2 Å². The summed E-state index contributed by atoms with van der Waals surface area (Å²) in [7, 11) is 3.55. The number of aliphatic hydroxyl groups is 10. The number of unbranched alkanes of at least 4 members (excludes halogenated alkanes) is 6. The first-order valence-corrected chi connectivity index (χ1v) is 31.4. The number of hydrogen-bond acceptors (Lipinski definition) is 16. The number of hydrogen-bond donors (Lipinski definition) is 12. The van der Waals surface area contributed by atoms with Crippen LogP contribution in [0.3, 0.4) is 0 Å². The molecular weight excluding hydrogens is 1060 g/mol. The van der Waals surface area contributed by atoms with Gasteiger partial charge in [0.05, 0.1) is 54.9 Å². The molecule has 0 aromatic heterocycles. The maximum Gasteiger partial charge on any atom is 0.334 e. The fourth-order valence-electron chi connectivity index (χ4n) is 10.9. The molecule has 18 heteroatoms. The molecule has 0 spiro atoms. The van der Waals surface area contributed by atoms with E-state index in [9.17, 15) is 60.7 Å². The number of aliphatic hydroxyl groups excluding tert-OH is 9. The van der Waals surface area contributed by atoms with Crippen molar-refractivity contribution < 1.29 is 74.9 Å². The Kier molecular flexibility index (Phi) is 37.1. The van der Waals surface area contributed by atoms with Gasteiger partial charge in [0.25, 0.3) is 0 Å². The molecule has 2 rings (SSSR count). The number of rotatable bonds is 18. The lowest BCUT2D eigenvalue weighted by atomic mass is 9.84. The molecule has 1 saturated heterocycles. The molecule has 2 bridgehead atoms. The van der Waals surface area contributed by atoms with E-state index in [2.05, 4.69) is 48.5 Å². The van der Waals surface area contributed by atoms with E-state index in [1.807, 2.05) is 20.0 Å². The van der Waals surface area contributed by atoms with Crippen molar-refractivity contribution in [3.8, 4) is 0 Å². The third kappa shape index (κ3) is 30.1. The van der Waals surface area contributed by atoms with Gasteiger partial charge in [-0.1, -0.05) is 129 Å². The molecule has 0 unspecified atom stereocenters. The summed E-state index contributed by atoms with van der Waals surface area (Å²) in [5.41, 5.74) is 0.893. The van der Waals surface area contributed by atoms with Crippen molar-refractivity contribution in [1.29, 1.82) is 0 Å². The van der Waals surface area contributed by atoms with Crippen LogP contribution in [-0.4, -0.2) is 169 Å². The summed E-state index contributed by atoms with van der Waals surface area (Å²) in [6, 6.07) is 0. The number of carbonyl (C=O) groups excluding carboxylic acids is 2. The first kappa shape index (κ1) is 75.6. The molecule has 2 aliphatic heterocycles. The second-order valence-electron chi connectivity index (χ2n) is 24.9. The molecule has 83 heavy (non-hydrogen) atoms. The van der Waals surface area contributed by atoms with E-state index in [1.54, 1.807) is 72.0 Å². The van der Waals surface area contributed by atoms with E-state index in [1.165, 1.54) is 0 Å². The van der Waals surface area contributed by atoms with Crippen LogP contribution >= 0.6 is 0 Å². The minimum atomic E-state index is -2.43. The first-order chi connectivity index (χ1) is 39.2. The fraction of sp³-hybridized carbons (Fsp3) is 0.800. The molecule has 0 radical (unpaired) electrons. The standard InChI is InChI=1S/C65H115N3O15/c1-42(2)25-19-15-14-17-21-31-60(77)81-52-36-50(69)35-51(70)37-55(72)43(3)27-23-29-47(7)61(46(6)26-20-16-12-13-18-22-34-68-64(66-10)67-11)82-63(79)48(8)30-24-28-44(4)56(73)40-57(74)49(9)54(71)33-32-45(5)59(76)41-65(80)62(78)58(75)39-53(38-52)83-65/h12-13,23-24,27-30,42,44-47,49-59,61-62,69-76,78,80H,14-22,25-26,31-41H2,1-11H3,(H2,66,67,68)/b13-12+,28-24+,29-23+,43-27-,48-30-/t44-,45+,46-,47+,49-,50+,51-,52-,53-,54-,55-,56+,57-,58+,59+,61-,62+,65+/m1/s1. The topological polar surface area (TPSA) is 301 Å². The van der Waals surface area contributed by atoms with Crippen molar-refractivity contribution in [2.45, 2.75) is 276 Å². The molecular formula is C65H115N3O15. The molecule has 1 fully saturated rings. The largest absolute Gasteiger partial charge is 0.462 e. The van der Waals surface area contributed by atoms with Crippen molar-refractivity contribution in [2.24, 2.45) is 40.5 Å². The normalized spacial score (nSPS) is 35.9. The molecule has 0 aliphatic carbocycles. The third-order valence-electron chi connectivity index (χ3n) is 16.8. The maximum atomic E-state index is 13.7. The van der Waals surface area contributed by atoms with Gasteiger partial charge in [-0.25, -0.2) is 4.79 Å². The van der Waals surface area contributed by atoms with Crippen LogP contribution in [0.1, 0.15) is 197 Å². The molecule has 0 aromatic rings. The Hall–Kier alpha value is -3.53. The lowest BCUT2D eigenvalue weighted by molar-refractivity contribution is -0.333. The molecule has 480 valence electrons. The van der Waals surface area contributed by atoms with Gasteiger partial charge in [-0.2, -0.15) is 0 Å². The minimum absolute atomic E-state index is 0.0327. The highest BCUT2D eigenvalue weighted by Gasteiger charge is 2.50. The average molecular weight is 1180 g/mol. The molecule has 0 saturated carbocycles. The van der Waals surface area contributed by atoms with Crippen LogP contribution in [0.5, 0.6) is 0 Å². The number of ether oxygens (including phenoxy) is 3. The highest BCUT2D eigenvalue weighted by atomic mass is 16.7. The SMILES string of the molecule is CN=C(NC)NCCC/C=C/CCC[C@@H](C)[C@H]1OC(=O)/C(C)=C\C=C\[C@@H](C)[C@@H](O)C[C@@H](O)[C@H](C)[C@H](O)CC[C@H](C)[C@@H](O)C[C@]2(O)O[C@H](C[C@H](OC(=O)CCCCCCCC(C)C)C[C@@H](O)C[C@@H](O)C[C@@H](O)/C(C)=C\C=C\[C@@H]1C)C[C@H](O)[C@@H]2O. The summed E-state index contributed by atoms with van der Waals surface area (Å²) in [6.45, 7) is 17.8. The van der Waals surface area contributed by atoms with Crippen molar-refractivity contribution in [3.63, 3.8) is 0 Å². The van der Waals surface area contributed by atoms with Crippen molar-refractivity contribution in [2.75, 3.05) is 20.6 Å². The quantitative estimate of drug-likeness (QED) is 0.0207. The number of allylic oxidation sites excluding steroid dienone is 6. The summed E-state index contributed by atoms with van der Waals surface area (Å²) >= 11 is 0. The van der Waals surface area contributed by atoms with Crippen molar-refractivity contribution in [3.05, 3.63) is 59.8 Å². The highest BCUT2D eigenvalue weighted by molar-refractivity contribution is 5.88. The Morgan fingerprint density at radius 1 is 0.735 bits per heavy atom. The van der Waals surface area contributed by atoms with Crippen molar-refractivity contribution >= 4 is 17.9 Å². The highest BCUT2D eigenvalue weighted by Crippen LogP contribution is 2.36. The summed E-state index contributed by atoms with van der Waals surface area (Å²) in [4.78, 5) is 31.2. The lowest BCUT2D eigenvalue weighted by Gasteiger charge is -2.45. The summed E-state index contributed by atoms with van der Waals surface area (Å²) in [6.07, 6.45) is 10.5. The Labute approximate surface area is 498 Å². The number of carbonyl (C=O) groups is 2. The van der Waals surface area contributed by atoms with Gasteiger partial charge in [0, 0.05) is 88.9 Å². The summed E-state index contributed by atoms with van der Waals surface area (Å²) < 4.78 is 18.3. The van der Waals surface area contributed by atoms with Crippen LogP contribution in [-0.2, 0) is 23.8 Å². The Balaban J connectivity index is 2.43. The first-order valence-electron chi connectivity index (χ1n) is 31.4. The Morgan fingerprint density at radius 3 is 2.05 bits per heavy atom. The molecule has 2 aliphatic rings. The molecule has 0 aromatic carbocycles. The van der Waals surface area contributed by atoms with Gasteiger partial charge in [0.2, 0.25) is 0 Å². The molecule has 18 nitrogen and oxygen atoms in total. The van der Waals surface area contributed by atoms with Gasteiger partial charge in [-0.3, -0.25) is 9.79 Å². The zero-order valence-electron chi connectivity index (χ0n) is 52.5. The van der Waals surface area contributed by atoms with E-state index >= 15 is 0 Å². The molecule has 18 atom stereocenters. The van der Waals surface area contributed by atoms with Crippen LogP contribution in [0.2, 0.25) is 0 Å². The average Bonchev–Trinajstić information content (AvgIpc) is 3.60. The number of guanidine groups is 1. The van der Waals surface area contributed by atoms with E-state index in [0.29, 0.717) is 23.5 Å². The monoisotopic (exact) mass is 1180 g/mol. The zero-order valence-corrected chi connectivity index (χ0v) is 52.5. The summed E-state index contributed by atoms with van der Waals surface area (Å²) in [5.74, 6) is -4.00. The van der Waals surface area contributed by atoms with Crippen LogP contribution in [0.15, 0.2) is 64.7 Å². The zero-order chi connectivity index (χ0) is 62.2. The van der Waals surface area contributed by atoms with Gasteiger partial charge in [-0.15, -0.1) is 0 Å². The number of esters is 2. The number of nitrogens with one attached hydrogen (secondary N) is 2. The molecule has 2 heterocycles. The van der Waals surface area contributed by atoms with Crippen LogP contribution in [0.25, 0.3) is 0 Å². The van der Waals surface area contributed by atoms with Gasteiger partial charge < -0.3 is 75.9 Å². The van der Waals surface area contributed by atoms with Crippen molar-refractivity contribution in [1.82, 2.24) is 10.6 Å². The van der Waals surface area contributed by atoms with Gasteiger partial charge >= 0.3 is 11.9 Å². The Bertz CT molecular complexity index is 2000. The Morgan fingerprint density at radius 2 is 1.37 bits per heavy atom.